The van der Waals surface area contributed by atoms with Gasteiger partial charge in [-0.05, 0) is 49.2 Å². The monoisotopic (exact) mass is 408 g/mol. The zero-order chi connectivity index (χ0) is 18.8. The predicted molar refractivity (Wildman–Crippen MR) is 105 cm³/mol. The van der Waals surface area contributed by atoms with Crippen LogP contribution in [0.25, 0.3) is 10.2 Å². The van der Waals surface area contributed by atoms with Gasteiger partial charge in [-0.15, -0.1) is 11.3 Å². The second-order valence-electron chi connectivity index (χ2n) is 5.84. The van der Waals surface area contributed by atoms with Crippen molar-refractivity contribution in [2.45, 2.75) is 26.8 Å². The molecule has 0 aliphatic rings. The van der Waals surface area contributed by atoms with Crippen LogP contribution in [-0.2, 0) is 27.3 Å². The Morgan fingerprint density at radius 1 is 1.19 bits per heavy atom. The summed E-state index contributed by atoms with van der Waals surface area (Å²) in [6.07, 6.45) is 0.182. The molecule has 8 heteroatoms. The average Bonchev–Trinajstić information content (AvgIpc) is 3.12. The maximum absolute atomic E-state index is 12.4. The SMILES string of the molecule is COC(=O)Cn1c(=NC(=O)Cc2ccc(Cl)s2)sc2cc(C)c(C)cc21. The number of esters is 1. The summed E-state index contributed by atoms with van der Waals surface area (Å²) in [5, 5.41) is 0. The molecule has 2 heterocycles. The number of carbonyl (C=O) groups excluding carboxylic acids is 2. The van der Waals surface area contributed by atoms with Gasteiger partial charge in [-0.3, -0.25) is 9.59 Å². The fourth-order valence-electron chi connectivity index (χ4n) is 2.50. The van der Waals surface area contributed by atoms with Gasteiger partial charge >= 0.3 is 5.97 Å². The Hall–Kier alpha value is -1.96. The molecule has 5 nitrogen and oxygen atoms in total. The highest BCUT2D eigenvalue weighted by Crippen LogP contribution is 2.23. The summed E-state index contributed by atoms with van der Waals surface area (Å²) in [7, 11) is 1.34. The molecule has 2 aromatic heterocycles. The number of amides is 1. The zero-order valence-corrected chi connectivity index (χ0v) is 16.9. The van der Waals surface area contributed by atoms with E-state index in [-0.39, 0.29) is 24.8 Å². The first kappa shape index (κ1) is 18.8. The molecule has 1 amide bonds. The number of nitrogens with zero attached hydrogens (tertiary/aromatic N) is 2. The second kappa shape index (κ2) is 7.73. The number of hydrogen-bond acceptors (Lipinski definition) is 5. The van der Waals surface area contributed by atoms with Crippen molar-refractivity contribution >= 4 is 56.4 Å². The number of aryl methyl sites for hydroxylation is 2. The first-order chi connectivity index (χ1) is 12.4. The van der Waals surface area contributed by atoms with Gasteiger partial charge in [-0.1, -0.05) is 22.9 Å². The van der Waals surface area contributed by atoms with Crippen LogP contribution in [0.2, 0.25) is 4.34 Å². The zero-order valence-electron chi connectivity index (χ0n) is 14.5. The van der Waals surface area contributed by atoms with Crippen molar-refractivity contribution < 1.29 is 14.3 Å². The van der Waals surface area contributed by atoms with Crippen molar-refractivity contribution in [3.05, 3.63) is 49.4 Å². The standard InChI is InChI=1S/C18H17ClN2O3S2/c1-10-6-13-14(7-11(10)2)26-18(21(13)9-17(23)24-3)20-16(22)8-12-4-5-15(19)25-12/h4-7H,8-9H2,1-3H3. The Balaban J connectivity index is 2.06. The Morgan fingerprint density at radius 3 is 2.58 bits per heavy atom. The van der Waals surface area contributed by atoms with Gasteiger partial charge in [0.25, 0.3) is 5.91 Å². The van der Waals surface area contributed by atoms with Crippen molar-refractivity contribution in [2.75, 3.05) is 7.11 Å². The lowest BCUT2D eigenvalue weighted by Crippen LogP contribution is -2.22. The van der Waals surface area contributed by atoms with E-state index in [9.17, 15) is 9.59 Å². The topological polar surface area (TPSA) is 60.7 Å². The van der Waals surface area contributed by atoms with Crippen LogP contribution in [-0.4, -0.2) is 23.6 Å². The highest BCUT2D eigenvalue weighted by Gasteiger charge is 2.13. The molecule has 0 fully saturated rings. The van der Waals surface area contributed by atoms with Crippen LogP contribution < -0.4 is 4.80 Å². The second-order valence-corrected chi connectivity index (χ2v) is 8.65. The van der Waals surface area contributed by atoms with Gasteiger partial charge in [-0.25, -0.2) is 0 Å². The summed E-state index contributed by atoms with van der Waals surface area (Å²) in [6, 6.07) is 7.64. The van der Waals surface area contributed by atoms with Crippen LogP contribution in [0.4, 0.5) is 0 Å². The molecule has 3 aromatic rings. The number of rotatable bonds is 4. The number of thiophene rings is 1. The first-order valence-corrected chi connectivity index (χ1v) is 9.87. The lowest BCUT2D eigenvalue weighted by atomic mass is 10.1. The van der Waals surface area contributed by atoms with Gasteiger partial charge < -0.3 is 9.30 Å². The molecule has 3 rings (SSSR count). The Kier molecular flexibility index (Phi) is 5.60. The Morgan fingerprint density at radius 2 is 1.92 bits per heavy atom. The van der Waals surface area contributed by atoms with Crippen molar-refractivity contribution in [3.63, 3.8) is 0 Å². The number of thiazole rings is 1. The highest BCUT2D eigenvalue weighted by molar-refractivity contribution is 7.16. The summed E-state index contributed by atoms with van der Waals surface area (Å²) in [6.45, 7) is 4.05. The van der Waals surface area contributed by atoms with Crippen molar-refractivity contribution in [3.8, 4) is 0 Å². The van der Waals surface area contributed by atoms with Gasteiger partial charge in [0.15, 0.2) is 4.80 Å². The minimum absolute atomic E-state index is 0.00987. The molecule has 0 unspecified atom stereocenters. The molecule has 26 heavy (non-hydrogen) atoms. The van der Waals surface area contributed by atoms with Gasteiger partial charge in [0.2, 0.25) is 0 Å². The van der Waals surface area contributed by atoms with Crippen molar-refractivity contribution in [1.82, 2.24) is 4.57 Å². The molecule has 0 saturated heterocycles. The average molecular weight is 409 g/mol. The first-order valence-electron chi connectivity index (χ1n) is 7.86. The summed E-state index contributed by atoms with van der Waals surface area (Å²) in [4.78, 5) is 29.8. The van der Waals surface area contributed by atoms with Crippen LogP contribution in [0.15, 0.2) is 29.3 Å². The number of hydrogen-bond donors (Lipinski definition) is 0. The molecule has 0 spiro atoms. The fourth-order valence-corrected chi connectivity index (χ4v) is 4.70. The highest BCUT2D eigenvalue weighted by atomic mass is 35.5. The van der Waals surface area contributed by atoms with Gasteiger partial charge in [0.05, 0.1) is 28.1 Å². The van der Waals surface area contributed by atoms with E-state index in [2.05, 4.69) is 4.99 Å². The molecular weight excluding hydrogens is 392 g/mol. The maximum Gasteiger partial charge on any atom is 0.325 e. The molecule has 0 N–H and O–H groups in total. The van der Waals surface area contributed by atoms with Crippen LogP contribution in [0, 0.1) is 13.8 Å². The number of halogens is 1. The van der Waals surface area contributed by atoms with E-state index in [4.69, 9.17) is 16.3 Å². The Labute approximate surface area is 163 Å². The fraction of sp³-hybridized carbons (Fsp3) is 0.278. The summed E-state index contributed by atoms with van der Waals surface area (Å²) in [5.74, 6) is -0.663. The third-order valence-corrected chi connectivity index (χ3v) is 6.26. The molecule has 0 atom stereocenters. The van der Waals surface area contributed by atoms with Gasteiger partial charge in [0.1, 0.15) is 6.54 Å². The third-order valence-electron chi connectivity index (χ3n) is 3.99. The normalized spacial score (nSPS) is 11.9. The molecule has 0 bridgehead atoms. The minimum Gasteiger partial charge on any atom is -0.468 e. The number of methoxy groups -OCH3 is 1. The maximum atomic E-state index is 12.4. The minimum atomic E-state index is -0.387. The van der Waals surface area contributed by atoms with E-state index in [0.717, 1.165) is 26.2 Å². The number of aromatic nitrogens is 1. The van der Waals surface area contributed by atoms with Gasteiger partial charge in [0, 0.05) is 4.88 Å². The van der Waals surface area contributed by atoms with E-state index in [1.807, 2.05) is 32.0 Å². The molecule has 0 saturated carbocycles. The molecule has 0 aliphatic carbocycles. The van der Waals surface area contributed by atoms with Crippen molar-refractivity contribution in [2.24, 2.45) is 4.99 Å². The van der Waals surface area contributed by atoms with Gasteiger partial charge in [-0.2, -0.15) is 4.99 Å². The molecule has 0 radical (unpaired) electrons. The quantitative estimate of drug-likeness (QED) is 0.615. The van der Waals surface area contributed by atoms with Crippen LogP contribution in [0.1, 0.15) is 16.0 Å². The number of carbonyl (C=O) groups is 2. The number of benzene rings is 1. The smallest absolute Gasteiger partial charge is 0.325 e. The summed E-state index contributed by atoms with van der Waals surface area (Å²) >= 11 is 8.66. The largest absolute Gasteiger partial charge is 0.468 e. The van der Waals surface area contributed by atoms with Crippen molar-refractivity contribution in [1.29, 1.82) is 0 Å². The van der Waals surface area contributed by atoms with E-state index in [0.29, 0.717) is 9.14 Å². The lowest BCUT2D eigenvalue weighted by Gasteiger charge is -2.05. The Bertz CT molecular complexity index is 1060. The van der Waals surface area contributed by atoms with E-state index >= 15 is 0 Å². The predicted octanol–water partition coefficient (Wildman–Crippen LogP) is 3.88. The molecule has 1 aromatic carbocycles. The van der Waals surface area contributed by atoms with Crippen LogP contribution >= 0.6 is 34.3 Å². The van der Waals surface area contributed by atoms with E-state index < -0.39 is 0 Å². The van der Waals surface area contributed by atoms with Crippen LogP contribution in [0.5, 0.6) is 0 Å². The van der Waals surface area contributed by atoms with E-state index in [1.165, 1.54) is 29.8 Å². The number of ether oxygens (including phenoxy) is 1. The molecule has 0 aliphatic heterocycles. The molecule has 136 valence electrons. The summed E-state index contributed by atoms with van der Waals surface area (Å²) < 4.78 is 8.14. The number of fused-ring (bicyclic) bond motifs is 1. The lowest BCUT2D eigenvalue weighted by molar-refractivity contribution is -0.141. The summed E-state index contributed by atoms with van der Waals surface area (Å²) in [5.41, 5.74) is 3.13. The van der Waals surface area contributed by atoms with Crippen LogP contribution in [0.3, 0.4) is 0 Å². The molecular formula is C18H17ClN2O3S2. The van der Waals surface area contributed by atoms with E-state index in [1.54, 1.807) is 10.6 Å². The third kappa shape index (κ3) is 4.06.